The average molecular weight is 275 g/mol. The first-order valence-corrected chi connectivity index (χ1v) is 6.42. The number of hydrogen-bond acceptors (Lipinski definition) is 2. The minimum absolute atomic E-state index is 0.163. The van der Waals surface area contributed by atoms with Crippen LogP contribution in [-0.2, 0) is 13.5 Å². The largest absolute Gasteiger partial charge is 0.397 e. The quantitative estimate of drug-likeness (QED) is 0.897. The monoisotopic (exact) mass is 275 g/mol. The Morgan fingerprint density at radius 2 is 2.15 bits per heavy atom. The average Bonchev–Trinajstić information content (AvgIpc) is 2.71. The second-order valence-electron chi connectivity index (χ2n) is 4.85. The molecule has 2 aromatic rings. The van der Waals surface area contributed by atoms with Gasteiger partial charge in [-0.2, -0.15) is 0 Å². The molecule has 4 nitrogen and oxygen atoms in total. The Morgan fingerprint density at radius 1 is 1.40 bits per heavy atom. The van der Waals surface area contributed by atoms with Crippen LogP contribution in [0.4, 0.5) is 10.1 Å². The summed E-state index contributed by atoms with van der Waals surface area (Å²) in [6.45, 7) is 2.36. The fourth-order valence-corrected chi connectivity index (χ4v) is 2.16. The van der Waals surface area contributed by atoms with Crippen molar-refractivity contribution in [2.24, 2.45) is 7.05 Å². The zero-order valence-corrected chi connectivity index (χ0v) is 11.6. The molecule has 0 saturated carbocycles. The third kappa shape index (κ3) is 3.17. The fraction of sp³-hybridized carbons (Fsp3) is 0.267. The summed E-state index contributed by atoms with van der Waals surface area (Å²) in [4.78, 5) is 12.0. The second-order valence-corrected chi connectivity index (χ2v) is 4.85. The molecule has 1 aromatic carbocycles. The molecule has 0 aliphatic heterocycles. The molecule has 5 heteroatoms. The lowest BCUT2D eigenvalue weighted by Gasteiger charge is -2.08. The van der Waals surface area contributed by atoms with E-state index in [0.29, 0.717) is 24.3 Å². The first-order valence-electron chi connectivity index (χ1n) is 6.42. The smallest absolute Gasteiger partial charge is 0.267 e. The Kier molecular flexibility index (Phi) is 4.08. The number of nitrogens with two attached hydrogens (primary N) is 1. The molecule has 0 spiro atoms. The summed E-state index contributed by atoms with van der Waals surface area (Å²) in [5, 5.41) is 2.83. The van der Waals surface area contributed by atoms with Gasteiger partial charge in [0.05, 0.1) is 5.69 Å². The number of nitrogens with zero attached hydrogens (tertiary/aromatic N) is 1. The molecule has 1 heterocycles. The predicted octanol–water partition coefficient (Wildman–Crippen LogP) is 2.03. The van der Waals surface area contributed by atoms with E-state index in [1.54, 1.807) is 29.9 Å². The van der Waals surface area contributed by atoms with Crippen LogP contribution in [0.25, 0.3) is 0 Å². The highest BCUT2D eigenvalue weighted by atomic mass is 19.1. The van der Waals surface area contributed by atoms with Crippen molar-refractivity contribution in [3.8, 4) is 0 Å². The summed E-state index contributed by atoms with van der Waals surface area (Å²) in [5.74, 6) is -0.404. The van der Waals surface area contributed by atoms with E-state index < -0.39 is 0 Å². The zero-order valence-electron chi connectivity index (χ0n) is 11.6. The zero-order chi connectivity index (χ0) is 14.7. The van der Waals surface area contributed by atoms with Crippen LogP contribution in [0, 0.1) is 12.7 Å². The van der Waals surface area contributed by atoms with E-state index in [1.807, 2.05) is 6.92 Å². The molecule has 0 bridgehead atoms. The molecule has 0 unspecified atom stereocenters. The third-order valence-corrected chi connectivity index (χ3v) is 3.24. The number of carbonyl (C=O) groups is 1. The van der Waals surface area contributed by atoms with E-state index in [2.05, 4.69) is 5.32 Å². The molecule has 1 aromatic heterocycles. The summed E-state index contributed by atoms with van der Waals surface area (Å²) >= 11 is 0. The van der Waals surface area contributed by atoms with Gasteiger partial charge in [-0.05, 0) is 42.7 Å². The van der Waals surface area contributed by atoms with E-state index in [4.69, 9.17) is 5.73 Å². The van der Waals surface area contributed by atoms with Crippen molar-refractivity contribution in [2.45, 2.75) is 13.3 Å². The molecular formula is C15H18FN3O. The van der Waals surface area contributed by atoms with Crippen LogP contribution in [0.2, 0.25) is 0 Å². The van der Waals surface area contributed by atoms with Gasteiger partial charge in [0.25, 0.3) is 5.91 Å². The highest BCUT2D eigenvalue weighted by Crippen LogP contribution is 2.11. The summed E-state index contributed by atoms with van der Waals surface area (Å²) < 4.78 is 14.7. The van der Waals surface area contributed by atoms with Crippen LogP contribution in [0.5, 0.6) is 0 Å². The van der Waals surface area contributed by atoms with Gasteiger partial charge < -0.3 is 15.6 Å². The molecule has 0 aliphatic carbocycles. The van der Waals surface area contributed by atoms with Gasteiger partial charge in [0.1, 0.15) is 11.5 Å². The van der Waals surface area contributed by atoms with Gasteiger partial charge in [-0.1, -0.05) is 6.07 Å². The molecule has 3 N–H and O–H groups in total. The molecule has 2 rings (SSSR count). The number of halogens is 1. The number of nitrogen functional groups attached to an aromatic ring is 1. The summed E-state index contributed by atoms with van der Waals surface area (Å²) in [5.41, 5.74) is 8.64. The number of nitrogens with one attached hydrogen (secondary N) is 1. The Labute approximate surface area is 117 Å². The standard InChI is InChI=1S/C15H18FN3O/c1-10-7-12(16)4-3-11(10)5-6-18-15(20)14-8-13(17)9-19(14)2/h3-4,7-9H,5-6,17H2,1-2H3,(H,18,20). The molecule has 0 radical (unpaired) electrons. The minimum Gasteiger partial charge on any atom is -0.397 e. The fourth-order valence-electron chi connectivity index (χ4n) is 2.16. The highest BCUT2D eigenvalue weighted by Gasteiger charge is 2.10. The number of aromatic nitrogens is 1. The molecular weight excluding hydrogens is 257 g/mol. The summed E-state index contributed by atoms with van der Waals surface area (Å²) in [6.07, 6.45) is 2.36. The van der Waals surface area contributed by atoms with E-state index in [0.717, 1.165) is 11.1 Å². The van der Waals surface area contributed by atoms with Crippen molar-refractivity contribution in [1.29, 1.82) is 0 Å². The normalized spacial score (nSPS) is 10.6. The van der Waals surface area contributed by atoms with E-state index in [1.165, 1.54) is 12.1 Å². The van der Waals surface area contributed by atoms with Crippen molar-refractivity contribution in [1.82, 2.24) is 9.88 Å². The highest BCUT2D eigenvalue weighted by molar-refractivity contribution is 5.93. The van der Waals surface area contributed by atoms with Crippen LogP contribution >= 0.6 is 0 Å². The molecule has 1 amide bonds. The van der Waals surface area contributed by atoms with Gasteiger partial charge >= 0.3 is 0 Å². The number of anilines is 1. The maximum Gasteiger partial charge on any atom is 0.267 e. The topological polar surface area (TPSA) is 60.1 Å². The Balaban J connectivity index is 1.93. The number of hydrogen-bond donors (Lipinski definition) is 2. The number of benzene rings is 1. The van der Waals surface area contributed by atoms with E-state index in [9.17, 15) is 9.18 Å². The third-order valence-electron chi connectivity index (χ3n) is 3.24. The maximum atomic E-state index is 13.0. The molecule has 0 fully saturated rings. The lowest BCUT2D eigenvalue weighted by molar-refractivity contribution is 0.0946. The molecule has 0 aliphatic rings. The summed E-state index contributed by atoms with van der Waals surface area (Å²) in [7, 11) is 1.77. The molecule has 0 atom stereocenters. The van der Waals surface area contributed by atoms with Crippen molar-refractivity contribution in [3.05, 3.63) is 53.1 Å². The second kappa shape index (κ2) is 5.77. The molecule has 20 heavy (non-hydrogen) atoms. The minimum atomic E-state index is -0.241. The maximum absolute atomic E-state index is 13.0. The van der Waals surface area contributed by atoms with Gasteiger partial charge in [-0.15, -0.1) is 0 Å². The first-order chi connectivity index (χ1) is 9.47. The van der Waals surface area contributed by atoms with Gasteiger partial charge in [-0.25, -0.2) is 4.39 Å². The van der Waals surface area contributed by atoms with Crippen LogP contribution in [0.1, 0.15) is 21.6 Å². The number of carbonyl (C=O) groups excluding carboxylic acids is 1. The van der Waals surface area contributed by atoms with Crippen molar-refractivity contribution in [3.63, 3.8) is 0 Å². The van der Waals surface area contributed by atoms with Gasteiger partial charge in [0, 0.05) is 19.8 Å². The lowest BCUT2D eigenvalue weighted by Crippen LogP contribution is -2.27. The molecule has 0 saturated heterocycles. The van der Waals surface area contributed by atoms with Crippen LogP contribution in [0.3, 0.4) is 0 Å². The van der Waals surface area contributed by atoms with E-state index >= 15 is 0 Å². The number of rotatable bonds is 4. The Hall–Kier alpha value is -2.30. The van der Waals surface area contributed by atoms with Crippen molar-refractivity contribution >= 4 is 11.6 Å². The summed E-state index contributed by atoms with van der Waals surface area (Å²) in [6, 6.07) is 6.31. The SMILES string of the molecule is Cc1cc(F)ccc1CCNC(=O)c1cc(N)cn1C. The Morgan fingerprint density at radius 3 is 2.75 bits per heavy atom. The van der Waals surface area contributed by atoms with Gasteiger partial charge in [0.2, 0.25) is 0 Å². The van der Waals surface area contributed by atoms with Crippen molar-refractivity contribution < 1.29 is 9.18 Å². The van der Waals surface area contributed by atoms with Crippen LogP contribution in [0.15, 0.2) is 30.5 Å². The lowest BCUT2D eigenvalue weighted by atomic mass is 10.1. The van der Waals surface area contributed by atoms with Crippen LogP contribution < -0.4 is 11.1 Å². The van der Waals surface area contributed by atoms with Gasteiger partial charge in [0.15, 0.2) is 0 Å². The van der Waals surface area contributed by atoms with Crippen LogP contribution in [-0.4, -0.2) is 17.0 Å². The molecule has 106 valence electrons. The number of aryl methyl sites for hydroxylation is 2. The number of amides is 1. The van der Waals surface area contributed by atoms with E-state index in [-0.39, 0.29) is 11.7 Å². The van der Waals surface area contributed by atoms with Crippen molar-refractivity contribution in [2.75, 3.05) is 12.3 Å². The predicted molar refractivity (Wildman–Crippen MR) is 77.0 cm³/mol. The van der Waals surface area contributed by atoms with Gasteiger partial charge in [-0.3, -0.25) is 4.79 Å². The Bertz CT molecular complexity index is 634. The first kappa shape index (κ1) is 14.1.